The molecule has 124 valence electrons. The molecule has 6 nitrogen and oxygen atoms in total. The molecule has 0 bridgehead atoms. The van der Waals surface area contributed by atoms with E-state index in [1.54, 1.807) is 19.2 Å². The van der Waals surface area contributed by atoms with Crippen LogP contribution in [0.5, 0.6) is 0 Å². The number of nitrogens with zero attached hydrogens (tertiary/aromatic N) is 2. The van der Waals surface area contributed by atoms with Crippen LogP contribution < -0.4 is 10.6 Å². The van der Waals surface area contributed by atoms with Crippen molar-refractivity contribution < 1.29 is 23.1 Å². The minimum absolute atomic E-state index is 0.0498. The Morgan fingerprint density at radius 2 is 2.17 bits per heavy atom. The summed E-state index contributed by atoms with van der Waals surface area (Å²) >= 11 is 0. The summed E-state index contributed by atoms with van der Waals surface area (Å²) in [5, 5.41) is 17.6. The van der Waals surface area contributed by atoms with Gasteiger partial charge in [-0.1, -0.05) is 0 Å². The lowest BCUT2D eigenvalue weighted by Gasteiger charge is -2.16. The Hall–Kier alpha value is -2.55. The minimum atomic E-state index is -4.53. The van der Waals surface area contributed by atoms with Gasteiger partial charge in [-0.3, -0.25) is 0 Å². The molecule has 1 heterocycles. The highest BCUT2D eigenvalue weighted by molar-refractivity contribution is 5.91. The van der Waals surface area contributed by atoms with E-state index < -0.39 is 23.8 Å². The molecule has 9 heteroatoms. The van der Waals surface area contributed by atoms with Crippen molar-refractivity contribution in [2.24, 2.45) is 0 Å². The maximum atomic E-state index is 12.9. The van der Waals surface area contributed by atoms with Gasteiger partial charge in [0.15, 0.2) is 0 Å². The zero-order valence-corrected chi connectivity index (χ0v) is 12.1. The van der Waals surface area contributed by atoms with Crippen molar-refractivity contribution in [1.82, 2.24) is 15.1 Å². The van der Waals surface area contributed by atoms with Crippen LogP contribution in [0.2, 0.25) is 0 Å². The molecule has 2 amide bonds. The van der Waals surface area contributed by atoms with E-state index in [1.165, 1.54) is 16.9 Å². The fraction of sp³-hybridized carbons (Fsp3) is 0.286. The van der Waals surface area contributed by atoms with Crippen molar-refractivity contribution in [1.29, 1.82) is 0 Å². The number of aromatic nitrogens is 2. The third-order valence-corrected chi connectivity index (χ3v) is 2.97. The molecule has 0 aliphatic carbocycles. The summed E-state index contributed by atoms with van der Waals surface area (Å²) in [4.78, 5) is 11.8. The second-order valence-corrected chi connectivity index (χ2v) is 4.86. The number of hydrogen-bond donors (Lipinski definition) is 3. The van der Waals surface area contributed by atoms with Crippen molar-refractivity contribution in [2.75, 3.05) is 11.9 Å². The zero-order chi connectivity index (χ0) is 17.0. The maximum absolute atomic E-state index is 12.9. The summed E-state index contributed by atoms with van der Waals surface area (Å²) < 4.78 is 39.9. The number of halogens is 3. The number of carbonyl (C=O) groups excluding carboxylic acids is 1. The normalized spacial score (nSPS) is 12.7. The van der Waals surface area contributed by atoms with Crippen LogP contribution >= 0.6 is 0 Å². The third kappa shape index (κ3) is 4.22. The third-order valence-electron chi connectivity index (χ3n) is 2.97. The van der Waals surface area contributed by atoms with E-state index in [0.717, 1.165) is 12.1 Å². The molecule has 1 unspecified atom stereocenters. The van der Waals surface area contributed by atoms with Crippen molar-refractivity contribution in [2.45, 2.75) is 19.1 Å². The van der Waals surface area contributed by atoms with E-state index in [0.29, 0.717) is 0 Å². The van der Waals surface area contributed by atoms with Gasteiger partial charge in [-0.2, -0.15) is 18.3 Å². The van der Waals surface area contributed by atoms with Crippen molar-refractivity contribution in [3.63, 3.8) is 0 Å². The lowest BCUT2D eigenvalue weighted by Crippen LogP contribution is -2.38. The highest BCUT2D eigenvalue weighted by Crippen LogP contribution is 2.33. The molecule has 0 saturated heterocycles. The molecular weight excluding hydrogens is 313 g/mol. The van der Waals surface area contributed by atoms with Gasteiger partial charge in [0.25, 0.3) is 0 Å². The van der Waals surface area contributed by atoms with Gasteiger partial charge in [0.05, 0.1) is 29.6 Å². The largest absolute Gasteiger partial charge is 0.416 e. The van der Waals surface area contributed by atoms with Gasteiger partial charge in [0.1, 0.15) is 0 Å². The standard InChI is InChI=1S/C14H15F3N4O2/c1-9(8-22)19-13(23)20-11-7-10(14(15,16)17)3-4-12(11)21-6-2-5-18-21/h2-7,9,22H,8H2,1H3,(H2,19,20,23). The molecule has 0 aliphatic rings. The predicted octanol–water partition coefficient (Wildman–Crippen LogP) is 2.39. The Kier molecular flexibility index (Phi) is 4.89. The minimum Gasteiger partial charge on any atom is -0.394 e. The molecule has 1 atom stereocenters. The van der Waals surface area contributed by atoms with Gasteiger partial charge in [-0.15, -0.1) is 0 Å². The number of benzene rings is 1. The van der Waals surface area contributed by atoms with E-state index in [2.05, 4.69) is 15.7 Å². The molecule has 0 fully saturated rings. The fourth-order valence-corrected chi connectivity index (χ4v) is 1.85. The van der Waals surface area contributed by atoms with Gasteiger partial charge in [0, 0.05) is 12.4 Å². The number of aliphatic hydroxyl groups is 1. The first kappa shape index (κ1) is 16.8. The van der Waals surface area contributed by atoms with Crippen LogP contribution in [0.25, 0.3) is 5.69 Å². The van der Waals surface area contributed by atoms with Crippen molar-refractivity contribution in [3.8, 4) is 5.69 Å². The molecule has 0 aliphatic heterocycles. The number of hydrogen-bond acceptors (Lipinski definition) is 3. The predicted molar refractivity (Wildman–Crippen MR) is 77.3 cm³/mol. The molecular formula is C14H15F3N4O2. The van der Waals surface area contributed by atoms with Crippen molar-refractivity contribution >= 4 is 11.7 Å². The van der Waals surface area contributed by atoms with Crippen LogP contribution in [0.1, 0.15) is 12.5 Å². The summed E-state index contributed by atoms with van der Waals surface area (Å²) in [6, 6.07) is 3.32. The number of amides is 2. The van der Waals surface area contributed by atoms with Gasteiger partial charge in [0.2, 0.25) is 0 Å². The molecule has 0 saturated carbocycles. The van der Waals surface area contributed by atoms with Crippen LogP contribution in [0.4, 0.5) is 23.7 Å². The first-order valence-corrected chi connectivity index (χ1v) is 6.71. The fourth-order valence-electron chi connectivity index (χ4n) is 1.85. The zero-order valence-electron chi connectivity index (χ0n) is 12.1. The van der Waals surface area contributed by atoms with Gasteiger partial charge in [-0.05, 0) is 31.2 Å². The van der Waals surface area contributed by atoms with E-state index in [4.69, 9.17) is 5.11 Å². The lowest BCUT2D eigenvalue weighted by molar-refractivity contribution is -0.137. The Morgan fingerprint density at radius 1 is 1.43 bits per heavy atom. The van der Waals surface area contributed by atoms with E-state index in [9.17, 15) is 18.0 Å². The number of rotatable bonds is 4. The van der Waals surface area contributed by atoms with Gasteiger partial charge >= 0.3 is 12.2 Å². The Balaban J connectivity index is 2.35. The lowest BCUT2D eigenvalue weighted by atomic mass is 10.1. The van der Waals surface area contributed by atoms with Crippen LogP contribution in [-0.2, 0) is 6.18 Å². The van der Waals surface area contributed by atoms with Gasteiger partial charge < -0.3 is 15.7 Å². The highest BCUT2D eigenvalue weighted by atomic mass is 19.4. The summed E-state index contributed by atoms with van der Waals surface area (Å²) in [7, 11) is 0. The molecule has 1 aromatic heterocycles. The quantitative estimate of drug-likeness (QED) is 0.806. The molecule has 23 heavy (non-hydrogen) atoms. The number of carbonyl (C=O) groups is 1. The Labute approximate surface area is 129 Å². The van der Waals surface area contributed by atoms with E-state index in [1.807, 2.05) is 0 Å². The van der Waals surface area contributed by atoms with Crippen molar-refractivity contribution in [3.05, 3.63) is 42.2 Å². The molecule has 1 aromatic carbocycles. The molecule has 2 aromatic rings. The SMILES string of the molecule is CC(CO)NC(=O)Nc1cc(C(F)(F)F)ccc1-n1cccn1. The first-order chi connectivity index (χ1) is 10.8. The second-order valence-electron chi connectivity index (χ2n) is 4.86. The Bertz CT molecular complexity index is 671. The average molecular weight is 328 g/mol. The number of anilines is 1. The molecule has 2 rings (SSSR count). The van der Waals surface area contributed by atoms with Crippen LogP contribution in [-0.4, -0.2) is 33.6 Å². The van der Waals surface area contributed by atoms with E-state index >= 15 is 0 Å². The van der Waals surface area contributed by atoms with E-state index in [-0.39, 0.29) is 18.0 Å². The average Bonchev–Trinajstić information content (AvgIpc) is 3.00. The maximum Gasteiger partial charge on any atom is 0.416 e. The Morgan fingerprint density at radius 3 is 2.74 bits per heavy atom. The summed E-state index contributed by atoms with van der Waals surface area (Å²) in [6.45, 7) is 1.27. The summed E-state index contributed by atoms with van der Waals surface area (Å²) in [5.74, 6) is 0. The monoisotopic (exact) mass is 328 g/mol. The van der Waals surface area contributed by atoms with Crippen LogP contribution in [0.15, 0.2) is 36.7 Å². The molecule has 3 N–H and O–H groups in total. The highest BCUT2D eigenvalue weighted by Gasteiger charge is 2.31. The summed E-state index contributed by atoms with van der Waals surface area (Å²) in [6.07, 6.45) is -1.52. The number of alkyl halides is 3. The topological polar surface area (TPSA) is 79.2 Å². The number of urea groups is 1. The molecule has 0 spiro atoms. The number of nitrogens with one attached hydrogen (secondary N) is 2. The van der Waals surface area contributed by atoms with Gasteiger partial charge in [-0.25, -0.2) is 9.48 Å². The smallest absolute Gasteiger partial charge is 0.394 e. The summed E-state index contributed by atoms with van der Waals surface area (Å²) in [5.41, 5.74) is -0.653. The van der Waals surface area contributed by atoms with Crippen LogP contribution in [0, 0.1) is 0 Å². The number of aliphatic hydroxyl groups excluding tert-OH is 1. The first-order valence-electron chi connectivity index (χ1n) is 6.71. The second kappa shape index (κ2) is 6.69. The molecule has 0 radical (unpaired) electrons. The van der Waals surface area contributed by atoms with Crippen LogP contribution in [0.3, 0.4) is 0 Å².